The fourth-order valence-corrected chi connectivity index (χ4v) is 2.19. The zero-order chi connectivity index (χ0) is 13.2. The molecule has 0 heterocycles. The van der Waals surface area contributed by atoms with Crippen LogP contribution in [-0.2, 0) is 4.79 Å². The van der Waals surface area contributed by atoms with E-state index in [9.17, 15) is 4.79 Å². The van der Waals surface area contributed by atoms with Crippen LogP contribution in [0.4, 0.5) is 0 Å². The molecule has 1 unspecified atom stereocenters. The first-order chi connectivity index (χ1) is 7.80. The summed E-state index contributed by atoms with van der Waals surface area (Å²) in [6.45, 7) is 3.24. The van der Waals surface area contributed by atoms with Crippen molar-refractivity contribution in [2.24, 2.45) is 11.1 Å². The first-order valence-electron chi connectivity index (χ1n) is 5.13. The van der Waals surface area contributed by atoms with E-state index in [1.165, 1.54) is 0 Å². The number of rotatable bonds is 4. The summed E-state index contributed by atoms with van der Waals surface area (Å²) in [4.78, 5) is 11.1. The Labute approximate surface area is 114 Å². The van der Waals surface area contributed by atoms with Gasteiger partial charge in [0.15, 0.2) is 0 Å². The smallest absolute Gasteiger partial charge is 0.311 e. The van der Waals surface area contributed by atoms with Crippen LogP contribution in [0, 0.1) is 8.99 Å². The standard InChI is InChI=1S/C12H16INO3/c1-12(2,11(15)16)10(14)7-4-5-9(17-3)8(13)6-7/h4-6,10H,14H2,1-3H3,(H,15,16). The number of nitrogens with two attached hydrogens (primary N) is 1. The van der Waals surface area contributed by atoms with Crippen molar-refractivity contribution in [3.8, 4) is 5.75 Å². The van der Waals surface area contributed by atoms with Crippen molar-refractivity contribution < 1.29 is 14.6 Å². The second-order valence-corrected chi connectivity index (χ2v) is 5.56. The van der Waals surface area contributed by atoms with Gasteiger partial charge < -0.3 is 15.6 Å². The van der Waals surface area contributed by atoms with Crippen LogP contribution in [0.3, 0.4) is 0 Å². The second kappa shape index (κ2) is 5.22. The minimum Gasteiger partial charge on any atom is -0.496 e. The van der Waals surface area contributed by atoms with Crippen LogP contribution in [-0.4, -0.2) is 18.2 Å². The van der Waals surface area contributed by atoms with Gasteiger partial charge in [0.2, 0.25) is 0 Å². The maximum absolute atomic E-state index is 11.1. The lowest BCUT2D eigenvalue weighted by Crippen LogP contribution is -2.36. The number of carboxylic acids is 1. The zero-order valence-corrected chi connectivity index (χ0v) is 12.2. The van der Waals surface area contributed by atoms with Crippen molar-refractivity contribution in [2.75, 3.05) is 7.11 Å². The van der Waals surface area contributed by atoms with E-state index in [-0.39, 0.29) is 0 Å². The Hall–Kier alpha value is -0.820. The largest absolute Gasteiger partial charge is 0.496 e. The van der Waals surface area contributed by atoms with Crippen molar-refractivity contribution in [2.45, 2.75) is 19.9 Å². The number of methoxy groups -OCH3 is 1. The molecule has 0 spiro atoms. The summed E-state index contributed by atoms with van der Waals surface area (Å²) in [5, 5.41) is 9.14. The van der Waals surface area contributed by atoms with Gasteiger partial charge in [-0.05, 0) is 54.1 Å². The quantitative estimate of drug-likeness (QED) is 0.819. The van der Waals surface area contributed by atoms with Gasteiger partial charge in [-0.2, -0.15) is 0 Å². The third-order valence-corrected chi connectivity index (χ3v) is 3.71. The van der Waals surface area contributed by atoms with Gasteiger partial charge in [-0.25, -0.2) is 0 Å². The molecule has 0 aliphatic heterocycles. The SMILES string of the molecule is COc1ccc(C(N)C(C)(C)C(=O)O)cc1I. The molecule has 1 aromatic rings. The van der Waals surface area contributed by atoms with Gasteiger partial charge in [-0.1, -0.05) is 6.07 Å². The average molecular weight is 349 g/mol. The van der Waals surface area contributed by atoms with E-state index < -0.39 is 17.4 Å². The Bertz CT molecular complexity index is 432. The monoisotopic (exact) mass is 349 g/mol. The topological polar surface area (TPSA) is 72.5 Å². The van der Waals surface area contributed by atoms with E-state index >= 15 is 0 Å². The highest BCUT2D eigenvalue weighted by Gasteiger charge is 2.35. The van der Waals surface area contributed by atoms with Crippen LogP contribution in [0.2, 0.25) is 0 Å². The first-order valence-corrected chi connectivity index (χ1v) is 6.21. The molecule has 0 aromatic heterocycles. The minimum absolute atomic E-state index is 0.556. The van der Waals surface area contributed by atoms with Crippen molar-refractivity contribution >= 4 is 28.6 Å². The third kappa shape index (κ3) is 2.90. The Morgan fingerprint density at radius 3 is 2.53 bits per heavy atom. The van der Waals surface area contributed by atoms with Crippen LogP contribution in [0.1, 0.15) is 25.5 Å². The van der Waals surface area contributed by atoms with Crippen molar-refractivity contribution in [1.82, 2.24) is 0 Å². The Morgan fingerprint density at radius 1 is 1.53 bits per heavy atom. The molecule has 0 saturated carbocycles. The lowest BCUT2D eigenvalue weighted by Gasteiger charge is -2.27. The van der Waals surface area contributed by atoms with Gasteiger partial charge in [-0.3, -0.25) is 4.79 Å². The number of ether oxygens (including phenoxy) is 1. The molecule has 3 N–H and O–H groups in total. The molecule has 0 aliphatic carbocycles. The van der Waals surface area contributed by atoms with Gasteiger partial charge >= 0.3 is 5.97 Å². The number of hydrogen-bond donors (Lipinski definition) is 2. The summed E-state index contributed by atoms with van der Waals surface area (Å²) in [6, 6.07) is 4.90. The van der Waals surface area contributed by atoms with Gasteiger partial charge in [0.1, 0.15) is 5.75 Å². The molecular formula is C12H16INO3. The molecule has 17 heavy (non-hydrogen) atoms. The average Bonchev–Trinajstić information content (AvgIpc) is 2.27. The molecule has 1 atom stereocenters. The number of carboxylic acid groups (broad SMARTS) is 1. The summed E-state index contributed by atoms with van der Waals surface area (Å²) >= 11 is 2.14. The van der Waals surface area contributed by atoms with Gasteiger partial charge in [-0.15, -0.1) is 0 Å². The molecule has 5 heteroatoms. The normalized spacial score (nSPS) is 13.2. The molecule has 0 amide bonds. The molecule has 0 fully saturated rings. The summed E-state index contributed by atoms with van der Waals surface area (Å²) in [5.74, 6) is -0.148. The minimum atomic E-state index is -1.00. The molecule has 0 saturated heterocycles. The van der Waals surface area contributed by atoms with Gasteiger partial charge in [0.25, 0.3) is 0 Å². The third-order valence-electron chi connectivity index (χ3n) is 2.86. The van der Waals surface area contributed by atoms with E-state index in [0.717, 1.165) is 14.9 Å². The Balaban J connectivity index is 3.09. The van der Waals surface area contributed by atoms with Gasteiger partial charge in [0, 0.05) is 6.04 Å². The second-order valence-electron chi connectivity index (χ2n) is 4.40. The van der Waals surface area contributed by atoms with Crippen LogP contribution in [0.15, 0.2) is 18.2 Å². The van der Waals surface area contributed by atoms with E-state index in [1.807, 2.05) is 6.07 Å². The number of hydrogen-bond acceptors (Lipinski definition) is 3. The molecule has 4 nitrogen and oxygen atoms in total. The highest BCUT2D eigenvalue weighted by molar-refractivity contribution is 14.1. The maximum Gasteiger partial charge on any atom is 0.311 e. The van der Waals surface area contributed by atoms with Gasteiger partial charge in [0.05, 0.1) is 16.1 Å². The number of benzene rings is 1. The summed E-state index contributed by atoms with van der Waals surface area (Å²) in [6.07, 6.45) is 0. The molecule has 94 valence electrons. The van der Waals surface area contributed by atoms with E-state index in [0.29, 0.717) is 0 Å². The maximum atomic E-state index is 11.1. The first kappa shape index (κ1) is 14.2. The predicted molar refractivity (Wildman–Crippen MR) is 74.1 cm³/mol. The molecule has 1 aromatic carbocycles. The van der Waals surface area contributed by atoms with Crippen molar-refractivity contribution in [1.29, 1.82) is 0 Å². The Morgan fingerprint density at radius 2 is 2.12 bits per heavy atom. The van der Waals surface area contributed by atoms with Crippen LogP contribution >= 0.6 is 22.6 Å². The fourth-order valence-electron chi connectivity index (χ4n) is 1.43. The highest BCUT2D eigenvalue weighted by atomic mass is 127. The molecular weight excluding hydrogens is 333 g/mol. The number of aliphatic carboxylic acids is 1. The lowest BCUT2D eigenvalue weighted by molar-refractivity contribution is -0.148. The summed E-state index contributed by atoms with van der Waals surface area (Å²) < 4.78 is 6.06. The molecule has 0 bridgehead atoms. The lowest BCUT2D eigenvalue weighted by atomic mass is 9.81. The predicted octanol–water partition coefficient (Wildman–Crippen LogP) is 2.41. The number of carbonyl (C=O) groups is 1. The summed E-state index contributed by atoms with van der Waals surface area (Å²) in [7, 11) is 1.60. The zero-order valence-electron chi connectivity index (χ0n) is 10.0. The van der Waals surface area contributed by atoms with Crippen LogP contribution in [0.5, 0.6) is 5.75 Å². The van der Waals surface area contributed by atoms with Crippen LogP contribution < -0.4 is 10.5 Å². The van der Waals surface area contributed by atoms with E-state index in [1.54, 1.807) is 33.1 Å². The molecule has 0 aliphatic rings. The molecule has 0 radical (unpaired) electrons. The van der Waals surface area contributed by atoms with Crippen molar-refractivity contribution in [3.63, 3.8) is 0 Å². The summed E-state index contributed by atoms with van der Waals surface area (Å²) in [5.41, 5.74) is 5.80. The Kier molecular flexibility index (Phi) is 4.37. The highest BCUT2D eigenvalue weighted by Crippen LogP contribution is 2.33. The van der Waals surface area contributed by atoms with Crippen molar-refractivity contribution in [3.05, 3.63) is 27.3 Å². The fraction of sp³-hybridized carbons (Fsp3) is 0.417. The van der Waals surface area contributed by atoms with E-state index in [2.05, 4.69) is 22.6 Å². The molecule has 1 rings (SSSR count). The van der Waals surface area contributed by atoms with E-state index in [4.69, 9.17) is 15.6 Å². The van der Waals surface area contributed by atoms with Crippen LogP contribution in [0.25, 0.3) is 0 Å². The number of halogens is 1.